The van der Waals surface area contributed by atoms with Crippen LogP contribution in [0, 0.1) is 0 Å². The van der Waals surface area contributed by atoms with Crippen LogP contribution >= 0.6 is 0 Å². The van der Waals surface area contributed by atoms with Gasteiger partial charge < -0.3 is 9.67 Å². The van der Waals surface area contributed by atoms with Crippen LogP contribution in [0.5, 0.6) is 0 Å². The van der Waals surface area contributed by atoms with Crippen LogP contribution < -0.4 is 0 Å². The quantitative estimate of drug-likeness (QED) is 0.924. The Kier molecular flexibility index (Phi) is 3.93. The number of fused-ring (bicyclic) bond motifs is 1. The van der Waals surface area contributed by atoms with Crippen molar-refractivity contribution in [3.05, 3.63) is 29.6 Å². The fourth-order valence-electron chi connectivity index (χ4n) is 2.42. The lowest BCUT2D eigenvalue weighted by molar-refractivity contribution is -0.147. The Balaban J connectivity index is 2.73. The van der Waals surface area contributed by atoms with Gasteiger partial charge in [0.2, 0.25) is 5.82 Å². The van der Waals surface area contributed by atoms with Crippen LogP contribution in [0.1, 0.15) is 48.9 Å². The second-order valence-corrected chi connectivity index (χ2v) is 4.95. The zero-order valence-electron chi connectivity index (χ0n) is 11.6. The summed E-state index contributed by atoms with van der Waals surface area (Å²) in [7, 11) is 0. The molecule has 1 heterocycles. The van der Waals surface area contributed by atoms with E-state index in [2.05, 4.69) is 4.98 Å². The molecule has 0 saturated carbocycles. The number of rotatable bonds is 4. The molecule has 4 nitrogen and oxygen atoms in total. The van der Waals surface area contributed by atoms with E-state index < -0.39 is 24.0 Å². The SMILES string of the molecule is CCCC(C)n1c(C(F)(F)F)nc2ccc(C(=O)O)cc21. The Labute approximate surface area is 119 Å². The number of carboxylic acids is 1. The molecule has 0 radical (unpaired) electrons. The van der Waals surface area contributed by atoms with E-state index in [-0.39, 0.29) is 16.6 Å². The van der Waals surface area contributed by atoms with Gasteiger partial charge in [0.1, 0.15) is 0 Å². The minimum atomic E-state index is -4.58. The highest BCUT2D eigenvalue weighted by molar-refractivity contribution is 5.92. The monoisotopic (exact) mass is 300 g/mol. The molecule has 1 aromatic carbocycles. The Hall–Kier alpha value is -2.05. The van der Waals surface area contributed by atoms with E-state index in [0.29, 0.717) is 6.42 Å². The topological polar surface area (TPSA) is 55.1 Å². The zero-order chi connectivity index (χ0) is 15.8. The highest BCUT2D eigenvalue weighted by Gasteiger charge is 2.38. The minimum absolute atomic E-state index is 0.0546. The number of hydrogen-bond donors (Lipinski definition) is 1. The smallest absolute Gasteiger partial charge is 0.449 e. The van der Waals surface area contributed by atoms with Crippen molar-refractivity contribution < 1.29 is 23.1 Å². The van der Waals surface area contributed by atoms with Gasteiger partial charge in [0.15, 0.2) is 0 Å². The van der Waals surface area contributed by atoms with Gasteiger partial charge in [-0.2, -0.15) is 13.2 Å². The molecule has 0 aliphatic heterocycles. The summed E-state index contributed by atoms with van der Waals surface area (Å²) in [4.78, 5) is 14.6. The first kappa shape index (κ1) is 15.3. The number of carbonyl (C=O) groups is 1. The number of carboxylic acid groups (broad SMARTS) is 1. The van der Waals surface area contributed by atoms with Crippen molar-refractivity contribution in [3.63, 3.8) is 0 Å². The van der Waals surface area contributed by atoms with Crippen LogP contribution in [0.25, 0.3) is 11.0 Å². The summed E-state index contributed by atoms with van der Waals surface area (Å²) in [5, 5.41) is 8.99. The molecule has 1 unspecified atom stereocenters. The highest BCUT2D eigenvalue weighted by atomic mass is 19.4. The Morgan fingerprint density at radius 1 is 1.43 bits per heavy atom. The lowest BCUT2D eigenvalue weighted by Gasteiger charge is -2.18. The first-order valence-electron chi connectivity index (χ1n) is 6.58. The number of aromatic nitrogens is 2. The first-order valence-corrected chi connectivity index (χ1v) is 6.58. The lowest BCUT2D eigenvalue weighted by Crippen LogP contribution is -2.17. The Bertz CT molecular complexity index is 677. The van der Waals surface area contributed by atoms with Crippen LogP contribution in [-0.2, 0) is 6.18 Å². The summed E-state index contributed by atoms with van der Waals surface area (Å²) >= 11 is 0. The molecule has 0 aliphatic carbocycles. The molecule has 114 valence electrons. The Morgan fingerprint density at radius 2 is 2.10 bits per heavy atom. The van der Waals surface area contributed by atoms with E-state index in [4.69, 9.17) is 5.11 Å². The van der Waals surface area contributed by atoms with E-state index in [0.717, 1.165) is 11.0 Å². The maximum absolute atomic E-state index is 13.1. The van der Waals surface area contributed by atoms with Gasteiger partial charge in [-0.3, -0.25) is 0 Å². The van der Waals surface area contributed by atoms with Crippen LogP contribution in [0.15, 0.2) is 18.2 Å². The zero-order valence-corrected chi connectivity index (χ0v) is 11.6. The maximum atomic E-state index is 13.1. The lowest BCUT2D eigenvalue weighted by atomic mass is 10.1. The number of benzene rings is 1. The molecule has 0 amide bonds. The molecule has 1 N–H and O–H groups in total. The predicted octanol–water partition coefficient (Wildman–Crippen LogP) is 4.11. The standard InChI is InChI=1S/C14H15F3N2O2/c1-3-4-8(2)19-11-7-9(12(20)21)5-6-10(11)18-13(19)14(15,16)17/h5-8H,3-4H2,1-2H3,(H,20,21). The molecule has 1 atom stereocenters. The molecule has 2 rings (SSSR count). The van der Waals surface area contributed by atoms with E-state index >= 15 is 0 Å². The van der Waals surface area contributed by atoms with Crippen molar-refractivity contribution in [1.82, 2.24) is 9.55 Å². The number of hydrogen-bond acceptors (Lipinski definition) is 2. The summed E-state index contributed by atoms with van der Waals surface area (Å²) < 4.78 is 40.5. The van der Waals surface area contributed by atoms with Gasteiger partial charge in [0, 0.05) is 6.04 Å². The van der Waals surface area contributed by atoms with Crippen molar-refractivity contribution in [1.29, 1.82) is 0 Å². The van der Waals surface area contributed by atoms with E-state index in [1.807, 2.05) is 6.92 Å². The molecule has 0 saturated heterocycles. The number of imidazole rings is 1. The van der Waals surface area contributed by atoms with Gasteiger partial charge in [0.05, 0.1) is 16.6 Å². The third-order valence-corrected chi connectivity index (χ3v) is 3.34. The van der Waals surface area contributed by atoms with E-state index in [9.17, 15) is 18.0 Å². The molecule has 21 heavy (non-hydrogen) atoms. The molecule has 0 spiro atoms. The molecule has 0 bridgehead atoms. The van der Waals surface area contributed by atoms with Crippen molar-refractivity contribution in [2.45, 2.75) is 38.9 Å². The van der Waals surface area contributed by atoms with Crippen molar-refractivity contribution >= 4 is 17.0 Å². The van der Waals surface area contributed by atoms with Crippen LogP contribution in [0.4, 0.5) is 13.2 Å². The fraction of sp³-hybridized carbons (Fsp3) is 0.429. The maximum Gasteiger partial charge on any atom is 0.449 e. The number of halogens is 3. The van der Waals surface area contributed by atoms with Crippen LogP contribution in [-0.4, -0.2) is 20.6 Å². The average Bonchev–Trinajstić information content (AvgIpc) is 2.77. The van der Waals surface area contributed by atoms with Crippen molar-refractivity contribution in [2.24, 2.45) is 0 Å². The molecular weight excluding hydrogens is 285 g/mol. The van der Waals surface area contributed by atoms with Gasteiger partial charge in [0.25, 0.3) is 0 Å². The molecule has 0 aliphatic rings. The molecule has 0 fully saturated rings. The summed E-state index contributed by atoms with van der Waals surface area (Å²) in [6.45, 7) is 3.55. The number of nitrogens with zero attached hydrogens (tertiary/aromatic N) is 2. The highest BCUT2D eigenvalue weighted by Crippen LogP contribution is 2.35. The largest absolute Gasteiger partial charge is 0.478 e. The number of alkyl halides is 3. The van der Waals surface area contributed by atoms with Gasteiger partial charge in [-0.1, -0.05) is 13.3 Å². The third kappa shape index (κ3) is 2.86. The predicted molar refractivity (Wildman–Crippen MR) is 71.3 cm³/mol. The third-order valence-electron chi connectivity index (χ3n) is 3.34. The molecule has 1 aromatic heterocycles. The van der Waals surface area contributed by atoms with Gasteiger partial charge >= 0.3 is 12.1 Å². The Morgan fingerprint density at radius 3 is 2.62 bits per heavy atom. The molecular formula is C14H15F3N2O2. The van der Waals surface area contributed by atoms with Crippen molar-refractivity contribution in [2.75, 3.05) is 0 Å². The second-order valence-electron chi connectivity index (χ2n) is 4.95. The van der Waals surface area contributed by atoms with E-state index in [1.54, 1.807) is 6.92 Å². The minimum Gasteiger partial charge on any atom is -0.478 e. The summed E-state index contributed by atoms with van der Waals surface area (Å²) in [6.07, 6.45) is -3.31. The van der Waals surface area contributed by atoms with Crippen molar-refractivity contribution in [3.8, 4) is 0 Å². The van der Waals surface area contributed by atoms with Gasteiger partial charge in [-0.15, -0.1) is 0 Å². The molecule has 2 aromatic rings. The van der Waals surface area contributed by atoms with Crippen LogP contribution in [0.2, 0.25) is 0 Å². The second kappa shape index (κ2) is 5.38. The summed E-state index contributed by atoms with van der Waals surface area (Å²) in [5.74, 6) is -2.16. The normalized spacial score (nSPS) is 13.6. The first-order chi connectivity index (χ1) is 9.75. The van der Waals surface area contributed by atoms with E-state index in [1.165, 1.54) is 18.2 Å². The van der Waals surface area contributed by atoms with Gasteiger partial charge in [-0.05, 0) is 31.5 Å². The molecule has 7 heteroatoms. The summed E-state index contributed by atoms with van der Waals surface area (Å²) in [5.41, 5.74) is 0.291. The fourth-order valence-corrected chi connectivity index (χ4v) is 2.42. The summed E-state index contributed by atoms with van der Waals surface area (Å²) in [6, 6.07) is 3.39. The van der Waals surface area contributed by atoms with Gasteiger partial charge in [-0.25, -0.2) is 9.78 Å². The average molecular weight is 300 g/mol. The van der Waals surface area contributed by atoms with Crippen LogP contribution in [0.3, 0.4) is 0 Å². The number of aromatic carboxylic acids is 1.